The molecule has 3 aromatic carbocycles. The number of hydrogen-bond acceptors (Lipinski definition) is 3. The Morgan fingerprint density at radius 1 is 0.893 bits per heavy atom. The fourth-order valence-electron chi connectivity index (χ4n) is 2.88. The highest BCUT2D eigenvalue weighted by Crippen LogP contribution is 2.21. The molecule has 3 rings (SSSR count). The first-order valence-corrected chi connectivity index (χ1v) is 9.28. The maximum Gasteiger partial charge on any atom is 0.251 e. The molecule has 0 spiro atoms. The lowest BCUT2D eigenvalue weighted by Gasteiger charge is -2.12. The van der Waals surface area contributed by atoms with Crippen LogP contribution in [0.5, 0.6) is 5.75 Å². The Hall–Kier alpha value is -3.11. The minimum Gasteiger partial charge on any atom is -0.496 e. The van der Waals surface area contributed by atoms with Gasteiger partial charge in [-0.3, -0.25) is 4.79 Å². The van der Waals surface area contributed by atoms with E-state index in [0.717, 1.165) is 16.7 Å². The van der Waals surface area contributed by atoms with Crippen LogP contribution in [-0.2, 0) is 24.5 Å². The summed E-state index contributed by atoms with van der Waals surface area (Å²) in [4.78, 5) is 12.5. The molecule has 0 unspecified atom stereocenters. The van der Waals surface area contributed by atoms with Gasteiger partial charge in [0.15, 0.2) is 0 Å². The molecule has 144 valence electrons. The molecule has 0 aliphatic rings. The van der Waals surface area contributed by atoms with Crippen LogP contribution in [0, 0.1) is 6.92 Å². The number of hydrogen-bond donors (Lipinski definition) is 1. The van der Waals surface area contributed by atoms with Gasteiger partial charge in [-0.15, -0.1) is 0 Å². The fourth-order valence-corrected chi connectivity index (χ4v) is 2.88. The van der Waals surface area contributed by atoms with Crippen LogP contribution in [0.1, 0.15) is 32.6 Å². The van der Waals surface area contributed by atoms with Crippen LogP contribution < -0.4 is 10.1 Å². The average Bonchev–Trinajstić information content (AvgIpc) is 2.74. The lowest BCUT2D eigenvalue weighted by molar-refractivity contribution is 0.0948. The highest BCUT2D eigenvalue weighted by atomic mass is 16.5. The van der Waals surface area contributed by atoms with Crippen molar-refractivity contribution in [2.24, 2.45) is 0 Å². The van der Waals surface area contributed by atoms with E-state index in [1.807, 2.05) is 73.7 Å². The van der Waals surface area contributed by atoms with Gasteiger partial charge in [-0.1, -0.05) is 60.2 Å². The molecule has 0 fully saturated rings. The SMILES string of the molecule is COc1ccc(C(=O)NCc2ccc(C)cc2)cc1COCc1ccccc1. The molecule has 0 radical (unpaired) electrons. The number of rotatable bonds is 8. The molecule has 28 heavy (non-hydrogen) atoms. The van der Waals surface area contributed by atoms with Gasteiger partial charge >= 0.3 is 0 Å². The van der Waals surface area contributed by atoms with Crippen molar-refractivity contribution in [1.82, 2.24) is 5.32 Å². The smallest absolute Gasteiger partial charge is 0.251 e. The zero-order valence-electron chi connectivity index (χ0n) is 16.3. The molecule has 0 saturated heterocycles. The number of methoxy groups -OCH3 is 1. The summed E-state index contributed by atoms with van der Waals surface area (Å²) < 4.78 is 11.2. The van der Waals surface area contributed by atoms with E-state index in [2.05, 4.69) is 5.32 Å². The van der Waals surface area contributed by atoms with E-state index in [-0.39, 0.29) is 5.91 Å². The normalized spacial score (nSPS) is 10.5. The molecule has 0 atom stereocenters. The van der Waals surface area contributed by atoms with E-state index >= 15 is 0 Å². The summed E-state index contributed by atoms with van der Waals surface area (Å²) in [5.41, 5.74) is 4.81. The van der Waals surface area contributed by atoms with E-state index in [1.165, 1.54) is 5.56 Å². The van der Waals surface area contributed by atoms with Crippen LogP contribution in [0.3, 0.4) is 0 Å². The summed E-state index contributed by atoms with van der Waals surface area (Å²) >= 11 is 0. The molecule has 1 amide bonds. The molecular weight excluding hydrogens is 350 g/mol. The summed E-state index contributed by atoms with van der Waals surface area (Å²) in [5.74, 6) is 0.593. The quantitative estimate of drug-likeness (QED) is 0.623. The Kier molecular flexibility index (Phi) is 6.82. The molecule has 0 aliphatic heterocycles. The van der Waals surface area contributed by atoms with Crippen molar-refractivity contribution in [3.63, 3.8) is 0 Å². The van der Waals surface area contributed by atoms with Gasteiger partial charge in [0.25, 0.3) is 5.91 Å². The largest absolute Gasteiger partial charge is 0.496 e. The third kappa shape index (κ3) is 5.44. The van der Waals surface area contributed by atoms with Crippen molar-refractivity contribution in [2.75, 3.05) is 7.11 Å². The van der Waals surface area contributed by atoms with Crippen molar-refractivity contribution in [2.45, 2.75) is 26.7 Å². The van der Waals surface area contributed by atoms with Crippen molar-refractivity contribution in [3.05, 3.63) is 101 Å². The number of carbonyl (C=O) groups is 1. The molecule has 0 heterocycles. The van der Waals surface area contributed by atoms with Gasteiger partial charge in [0.2, 0.25) is 0 Å². The Labute approximate surface area is 166 Å². The average molecular weight is 375 g/mol. The van der Waals surface area contributed by atoms with Gasteiger partial charge in [0.1, 0.15) is 5.75 Å². The predicted molar refractivity (Wildman–Crippen MR) is 110 cm³/mol. The highest BCUT2D eigenvalue weighted by molar-refractivity contribution is 5.94. The van der Waals surface area contributed by atoms with Crippen LogP contribution in [0.4, 0.5) is 0 Å². The number of aryl methyl sites for hydroxylation is 1. The minimum absolute atomic E-state index is 0.118. The number of nitrogens with one attached hydrogen (secondary N) is 1. The molecule has 0 aromatic heterocycles. The van der Waals surface area contributed by atoms with Crippen molar-refractivity contribution < 1.29 is 14.3 Å². The van der Waals surface area contributed by atoms with Gasteiger partial charge in [-0.05, 0) is 36.2 Å². The second-order valence-corrected chi connectivity index (χ2v) is 6.67. The Bertz CT molecular complexity index is 905. The molecule has 4 heteroatoms. The first-order chi connectivity index (χ1) is 13.7. The monoisotopic (exact) mass is 375 g/mol. The summed E-state index contributed by atoms with van der Waals surface area (Å²) in [6.45, 7) is 3.41. The van der Waals surface area contributed by atoms with Crippen LogP contribution in [0.25, 0.3) is 0 Å². The number of amides is 1. The van der Waals surface area contributed by atoms with E-state index in [1.54, 1.807) is 13.2 Å². The first kappa shape index (κ1) is 19.6. The third-order valence-electron chi connectivity index (χ3n) is 4.49. The van der Waals surface area contributed by atoms with Gasteiger partial charge in [-0.25, -0.2) is 0 Å². The van der Waals surface area contributed by atoms with Gasteiger partial charge in [-0.2, -0.15) is 0 Å². The molecule has 3 aromatic rings. The Morgan fingerprint density at radius 3 is 2.36 bits per heavy atom. The van der Waals surface area contributed by atoms with Crippen molar-refractivity contribution >= 4 is 5.91 Å². The van der Waals surface area contributed by atoms with Crippen LogP contribution in [0.15, 0.2) is 72.8 Å². The number of benzene rings is 3. The number of carbonyl (C=O) groups excluding carboxylic acids is 1. The van der Waals surface area contributed by atoms with E-state index in [9.17, 15) is 4.79 Å². The van der Waals surface area contributed by atoms with E-state index in [4.69, 9.17) is 9.47 Å². The maximum absolute atomic E-state index is 12.5. The van der Waals surface area contributed by atoms with E-state index < -0.39 is 0 Å². The van der Waals surface area contributed by atoms with Crippen molar-refractivity contribution in [3.8, 4) is 5.75 Å². The molecule has 1 N–H and O–H groups in total. The molecule has 0 bridgehead atoms. The first-order valence-electron chi connectivity index (χ1n) is 9.28. The molecule has 0 aliphatic carbocycles. The lowest BCUT2D eigenvalue weighted by Crippen LogP contribution is -2.23. The summed E-state index contributed by atoms with van der Waals surface area (Å²) in [7, 11) is 1.62. The van der Waals surface area contributed by atoms with Crippen LogP contribution >= 0.6 is 0 Å². The van der Waals surface area contributed by atoms with Crippen LogP contribution in [0.2, 0.25) is 0 Å². The topological polar surface area (TPSA) is 47.6 Å². The summed E-state index contributed by atoms with van der Waals surface area (Å²) in [6, 6.07) is 23.5. The standard InChI is InChI=1S/C24H25NO3/c1-18-8-10-19(11-9-18)15-25-24(26)21-12-13-23(27-2)22(14-21)17-28-16-20-6-4-3-5-7-20/h3-14H,15-17H2,1-2H3,(H,25,26). The minimum atomic E-state index is -0.118. The second-order valence-electron chi connectivity index (χ2n) is 6.67. The zero-order chi connectivity index (χ0) is 19.8. The Balaban J connectivity index is 1.62. The predicted octanol–water partition coefficient (Wildman–Crippen LogP) is 4.65. The lowest BCUT2D eigenvalue weighted by atomic mass is 10.1. The number of ether oxygens (including phenoxy) is 2. The zero-order valence-corrected chi connectivity index (χ0v) is 16.3. The summed E-state index contributed by atoms with van der Waals surface area (Å²) in [6.07, 6.45) is 0. The van der Waals surface area contributed by atoms with Crippen molar-refractivity contribution in [1.29, 1.82) is 0 Å². The van der Waals surface area contributed by atoms with Crippen LogP contribution in [-0.4, -0.2) is 13.0 Å². The maximum atomic E-state index is 12.5. The summed E-state index contributed by atoms with van der Waals surface area (Å²) in [5, 5.41) is 2.96. The molecular formula is C24H25NO3. The third-order valence-corrected chi connectivity index (χ3v) is 4.49. The molecule has 4 nitrogen and oxygen atoms in total. The van der Waals surface area contributed by atoms with Gasteiger partial charge < -0.3 is 14.8 Å². The fraction of sp³-hybridized carbons (Fsp3) is 0.208. The second kappa shape index (κ2) is 9.72. The highest BCUT2D eigenvalue weighted by Gasteiger charge is 2.11. The molecule has 0 saturated carbocycles. The van der Waals surface area contributed by atoms with E-state index in [0.29, 0.717) is 31.1 Å². The van der Waals surface area contributed by atoms with Gasteiger partial charge in [0.05, 0.1) is 20.3 Å². The Morgan fingerprint density at radius 2 is 1.64 bits per heavy atom. The van der Waals surface area contributed by atoms with Gasteiger partial charge in [0, 0.05) is 17.7 Å².